The van der Waals surface area contributed by atoms with Gasteiger partial charge in [0.05, 0.1) is 23.3 Å². The quantitative estimate of drug-likeness (QED) is 0.923. The number of aromatic nitrogens is 1. The molecule has 106 valence electrons. The van der Waals surface area contributed by atoms with Gasteiger partial charge in [-0.3, -0.25) is 4.79 Å². The molecule has 19 heavy (non-hydrogen) atoms. The number of thiazole rings is 1. The first kappa shape index (κ1) is 14.5. The minimum absolute atomic E-state index is 0.0696. The van der Waals surface area contributed by atoms with Crippen LogP contribution >= 0.6 is 11.3 Å². The van der Waals surface area contributed by atoms with Crippen LogP contribution in [0.1, 0.15) is 49.2 Å². The number of rotatable bonds is 3. The number of carbonyl (C=O) groups is 1. The molecule has 1 aliphatic rings. The summed E-state index contributed by atoms with van der Waals surface area (Å²) in [5, 5.41) is 1.17. The van der Waals surface area contributed by atoms with Gasteiger partial charge in [-0.05, 0) is 5.92 Å². The van der Waals surface area contributed by atoms with E-state index in [1.807, 2.05) is 18.7 Å². The fraction of sp³-hybridized carbons (Fsp3) is 0.714. The zero-order valence-electron chi connectivity index (χ0n) is 12.1. The molecule has 0 radical (unpaired) electrons. The van der Waals surface area contributed by atoms with Crippen LogP contribution in [0, 0.1) is 5.92 Å². The summed E-state index contributed by atoms with van der Waals surface area (Å²) in [4.78, 5) is 20.1. The van der Waals surface area contributed by atoms with Crippen molar-refractivity contribution in [2.75, 3.05) is 6.54 Å². The van der Waals surface area contributed by atoms with Crippen molar-refractivity contribution in [1.29, 1.82) is 0 Å². The van der Waals surface area contributed by atoms with Gasteiger partial charge in [0.15, 0.2) is 0 Å². The summed E-state index contributed by atoms with van der Waals surface area (Å²) < 4.78 is 0. The Morgan fingerprint density at radius 1 is 1.37 bits per heavy atom. The van der Waals surface area contributed by atoms with Crippen LogP contribution < -0.4 is 5.73 Å². The molecule has 1 aromatic rings. The molecule has 4 nitrogen and oxygen atoms in total. The Hall–Kier alpha value is -0.940. The lowest BCUT2D eigenvalue weighted by atomic mass is 10.0. The molecule has 2 rings (SSSR count). The molecule has 1 aliphatic heterocycles. The molecule has 0 saturated carbocycles. The van der Waals surface area contributed by atoms with Crippen molar-refractivity contribution < 1.29 is 4.79 Å². The molecule has 5 heteroatoms. The molecule has 1 atom stereocenters. The van der Waals surface area contributed by atoms with E-state index in [4.69, 9.17) is 5.73 Å². The minimum Gasteiger partial charge on any atom is -0.336 e. The molecule has 2 heterocycles. The van der Waals surface area contributed by atoms with Crippen LogP contribution in [0.3, 0.4) is 0 Å². The summed E-state index contributed by atoms with van der Waals surface area (Å²) in [5.41, 5.74) is 7.14. The molecule has 0 spiro atoms. The monoisotopic (exact) mass is 281 g/mol. The lowest BCUT2D eigenvalue weighted by molar-refractivity contribution is -0.134. The van der Waals surface area contributed by atoms with Gasteiger partial charge >= 0.3 is 0 Å². The second-order valence-corrected chi connectivity index (χ2v) is 6.97. The summed E-state index contributed by atoms with van der Waals surface area (Å²) in [6.45, 7) is 9.71. The van der Waals surface area contributed by atoms with Crippen molar-refractivity contribution in [3.63, 3.8) is 0 Å². The molecule has 0 bridgehead atoms. The van der Waals surface area contributed by atoms with E-state index in [9.17, 15) is 4.79 Å². The predicted octanol–water partition coefficient (Wildman–Crippen LogP) is 2.13. The fourth-order valence-electron chi connectivity index (χ4n) is 2.15. The Morgan fingerprint density at radius 3 is 2.63 bits per heavy atom. The number of hydrogen-bond acceptors (Lipinski definition) is 4. The highest BCUT2D eigenvalue weighted by atomic mass is 32.1. The van der Waals surface area contributed by atoms with E-state index in [0.717, 1.165) is 13.0 Å². The first-order valence-electron chi connectivity index (χ1n) is 6.93. The topological polar surface area (TPSA) is 59.2 Å². The van der Waals surface area contributed by atoms with Crippen molar-refractivity contribution >= 4 is 17.2 Å². The van der Waals surface area contributed by atoms with E-state index < -0.39 is 0 Å². The van der Waals surface area contributed by atoms with E-state index in [1.165, 1.54) is 15.6 Å². The Balaban J connectivity index is 2.11. The maximum atomic E-state index is 12.3. The number of hydrogen-bond donors (Lipinski definition) is 1. The van der Waals surface area contributed by atoms with Gasteiger partial charge in [-0.2, -0.15) is 0 Å². The van der Waals surface area contributed by atoms with E-state index >= 15 is 0 Å². The van der Waals surface area contributed by atoms with Gasteiger partial charge in [0.25, 0.3) is 0 Å². The standard InChI is InChI=1S/C14H23N3OS/c1-8(2)12(15)14(18)17-6-5-10-11(7-17)19-13(16-10)9(3)4/h8-9,12H,5-7,15H2,1-4H3. The maximum Gasteiger partial charge on any atom is 0.240 e. The van der Waals surface area contributed by atoms with Gasteiger partial charge < -0.3 is 10.6 Å². The van der Waals surface area contributed by atoms with Crippen LogP contribution in [0.5, 0.6) is 0 Å². The third-order valence-electron chi connectivity index (χ3n) is 3.56. The molecule has 1 aromatic heterocycles. The maximum absolute atomic E-state index is 12.3. The summed E-state index contributed by atoms with van der Waals surface area (Å²) >= 11 is 1.74. The highest BCUT2D eigenvalue weighted by Gasteiger charge is 2.28. The zero-order valence-corrected chi connectivity index (χ0v) is 13.0. The number of amides is 1. The van der Waals surface area contributed by atoms with Crippen LogP contribution in [0.15, 0.2) is 0 Å². The predicted molar refractivity (Wildman–Crippen MR) is 78.1 cm³/mol. The van der Waals surface area contributed by atoms with Gasteiger partial charge in [-0.1, -0.05) is 27.7 Å². The van der Waals surface area contributed by atoms with Crippen LogP contribution in [-0.2, 0) is 17.8 Å². The average Bonchev–Trinajstić information content (AvgIpc) is 2.79. The first-order chi connectivity index (χ1) is 8.90. The smallest absolute Gasteiger partial charge is 0.240 e. The van der Waals surface area contributed by atoms with Gasteiger partial charge in [0, 0.05) is 23.8 Å². The minimum atomic E-state index is -0.390. The molecular formula is C14H23N3OS. The van der Waals surface area contributed by atoms with E-state index in [1.54, 1.807) is 11.3 Å². The lowest BCUT2D eigenvalue weighted by Crippen LogP contribution is -2.47. The highest BCUT2D eigenvalue weighted by Crippen LogP contribution is 2.29. The zero-order chi connectivity index (χ0) is 14.2. The normalized spacial score (nSPS) is 16.9. The van der Waals surface area contributed by atoms with Crippen LogP contribution in [0.2, 0.25) is 0 Å². The number of carbonyl (C=O) groups excluding carboxylic acids is 1. The first-order valence-corrected chi connectivity index (χ1v) is 7.74. The molecule has 2 N–H and O–H groups in total. The summed E-state index contributed by atoms with van der Waals surface area (Å²) in [6.07, 6.45) is 0.856. The summed E-state index contributed by atoms with van der Waals surface area (Å²) in [6, 6.07) is -0.390. The summed E-state index contributed by atoms with van der Waals surface area (Å²) in [5.74, 6) is 0.708. The largest absolute Gasteiger partial charge is 0.336 e. The van der Waals surface area contributed by atoms with E-state index in [2.05, 4.69) is 18.8 Å². The molecule has 0 saturated heterocycles. The van der Waals surface area contributed by atoms with Crippen molar-refractivity contribution in [2.24, 2.45) is 11.7 Å². The van der Waals surface area contributed by atoms with Crippen molar-refractivity contribution in [3.8, 4) is 0 Å². The van der Waals surface area contributed by atoms with Gasteiger partial charge in [0.1, 0.15) is 0 Å². The van der Waals surface area contributed by atoms with E-state index in [0.29, 0.717) is 12.5 Å². The van der Waals surface area contributed by atoms with Crippen molar-refractivity contribution in [3.05, 3.63) is 15.6 Å². The second kappa shape index (κ2) is 5.59. The van der Waals surface area contributed by atoms with Crippen LogP contribution in [0.4, 0.5) is 0 Å². The lowest BCUT2D eigenvalue weighted by Gasteiger charge is -2.29. The molecule has 1 amide bonds. The fourth-order valence-corrected chi connectivity index (χ4v) is 3.28. The molecule has 0 aliphatic carbocycles. The molecule has 0 aromatic carbocycles. The molecule has 0 fully saturated rings. The van der Waals surface area contributed by atoms with Gasteiger partial charge in [0.2, 0.25) is 5.91 Å². The average molecular weight is 281 g/mol. The Morgan fingerprint density at radius 2 is 2.05 bits per heavy atom. The third kappa shape index (κ3) is 2.98. The Kier molecular flexibility index (Phi) is 4.26. The van der Waals surface area contributed by atoms with Gasteiger partial charge in [-0.15, -0.1) is 11.3 Å². The second-order valence-electron chi connectivity index (χ2n) is 5.86. The number of fused-ring (bicyclic) bond motifs is 1. The van der Waals surface area contributed by atoms with Gasteiger partial charge in [-0.25, -0.2) is 4.98 Å². The summed E-state index contributed by atoms with van der Waals surface area (Å²) in [7, 11) is 0. The van der Waals surface area contributed by atoms with E-state index in [-0.39, 0.29) is 17.9 Å². The third-order valence-corrected chi connectivity index (χ3v) is 4.94. The van der Waals surface area contributed by atoms with Crippen LogP contribution in [-0.4, -0.2) is 28.4 Å². The van der Waals surface area contributed by atoms with Crippen molar-refractivity contribution in [2.45, 2.75) is 52.6 Å². The highest BCUT2D eigenvalue weighted by molar-refractivity contribution is 7.11. The number of nitrogens with zero attached hydrogens (tertiary/aromatic N) is 2. The number of nitrogens with two attached hydrogens (primary N) is 1. The Labute approximate surface area is 119 Å². The SMILES string of the molecule is CC(C)c1nc2c(s1)CN(C(=O)C(N)C(C)C)CC2. The molecule has 1 unspecified atom stereocenters. The molecular weight excluding hydrogens is 258 g/mol. The Bertz CT molecular complexity index is 467. The van der Waals surface area contributed by atoms with Crippen molar-refractivity contribution in [1.82, 2.24) is 9.88 Å². The van der Waals surface area contributed by atoms with Crippen LogP contribution in [0.25, 0.3) is 0 Å².